The SMILES string of the molecule is C=C(C)CC(NC)c1ccc(Cl)cc1OC. The highest BCUT2D eigenvalue weighted by molar-refractivity contribution is 6.30. The Morgan fingerprint density at radius 2 is 2.25 bits per heavy atom. The molecule has 0 aliphatic rings. The minimum Gasteiger partial charge on any atom is -0.496 e. The van der Waals surface area contributed by atoms with Crippen molar-refractivity contribution in [2.75, 3.05) is 14.2 Å². The van der Waals surface area contributed by atoms with E-state index in [9.17, 15) is 0 Å². The molecule has 0 amide bonds. The summed E-state index contributed by atoms with van der Waals surface area (Å²) in [5, 5.41) is 3.95. The first-order chi connectivity index (χ1) is 7.58. The summed E-state index contributed by atoms with van der Waals surface area (Å²) >= 11 is 5.93. The number of hydrogen-bond donors (Lipinski definition) is 1. The lowest BCUT2D eigenvalue weighted by atomic mass is 9.99. The molecule has 1 aromatic carbocycles. The van der Waals surface area contributed by atoms with Gasteiger partial charge in [0.2, 0.25) is 0 Å². The standard InChI is InChI=1S/C13H18ClNO/c1-9(2)7-12(15-3)11-6-5-10(14)8-13(11)16-4/h5-6,8,12,15H,1,7H2,2-4H3. The number of halogens is 1. The van der Waals surface area contributed by atoms with Gasteiger partial charge >= 0.3 is 0 Å². The van der Waals surface area contributed by atoms with Gasteiger partial charge in [-0.1, -0.05) is 23.2 Å². The molecule has 0 aliphatic heterocycles. The van der Waals surface area contributed by atoms with Crippen LogP contribution in [0.3, 0.4) is 0 Å². The molecule has 1 N–H and O–H groups in total. The summed E-state index contributed by atoms with van der Waals surface area (Å²) in [6.45, 7) is 5.96. The second-order valence-electron chi connectivity index (χ2n) is 3.89. The normalized spacial score (nSPS) is 12.2. The Bertz CT molecular complexity index is 376. The van der Waals surface area contributed by atoms with Gasteiger partial charge in [-0.2, -0.15) is 0 Å². The largest absolute Gasteiger partial charge is 0.496 e. The van der Waals surface area contributed by atoms with Crippen molar-refractivity contribution in [1.29, 1.82) is 0 Å². The fourth-order valence-corrected chi connectivity index (χ4v) is 1.85. The Kier molecular flexibility index (Phi) is 4.84. The van der Waals surface area contributed by atoms with Crippen molar-refractivity contribution in [3.8, 4) is 5.75 Å². The maximum absolute atomic E-state index is 5.93. The molecular weight excluding hydrogens is 222 g/mol. The van der Waals surface area contributed by atoms with Crippen molar-refractivity contribution < 1.29 is 4.74 Å². The zero-order valence-corrected chi connectivity index (χ0v) is 10.8. The van der Waals surface area contributed by atoms with E-state index in [4.69, 9.17) is 16.3 Å². The van der Waals surface area contributed by atoms with Crippen molar-refractivity contribution in [3.63, 3.8) is 0 Å². The summed E-state index contributed by atoms with van der Waals surface area (Å²) in [6, 6.07) is 5.91. The van der Waals surface area contributed by atoms with Gasteiger partial charge < -0.3 is 10.1 Å². The van der Waals surface area contributed by atoms with Gasteiger partial charge in [0.05, 0.1) is 7.11 Å². The highest BCUT2D eigenvalue weighted by atomic mass is 35.5. The van der Waals surface area contributed by atoms with E-state index in [1.165, 1.54) is 0 Å². The molecule has 88 valence electrons. The number of hydrogen-bond acceptors (Lipinski definition) is 2. The molecule has 0 fully saturated rings. The maximum atomic E-state index is 5.93. The van der Waals surface area contributed by atoms with Crippen LogP contribution in [0.15, 0.2) is 30.4 Å². The Morgan fingerprint density at radius 1 is 1.56 bits per heavy atom. The van der Waals surface area contributed by atoms with E-state index >= 15 is 0 Å². The molecule has 0 saturated carbocycles. The second-order valence-corrected chi connectivity index (χ2v) is 4.33. The molecule has 0 heterocycles. The highest BCUT2D eigenvalue weighted by Gasteiger charge is 2.14. The van der Waals surface area contributed by atoms with Crippen molar-refractivity contribution in [3.05, 3.63) is 40.9 Å². The van der Waals surface area contributed by atoms with Crippen molar-refractivity contribution in [1.82, 2.24) is 5.32 Å². The van der Waals surface area contributed by atoms with Crippen LogP contribution >= 0.6 is 11.6 Å². The number of benzene rings is 1. The molecule has 0 radical (unpaired) electrons. The summed E-state index contributed by atoms with van der Waals surface area (Å²) in [5.74, 6) is 0.813. The molecule has 0 aliphatic carbocycles. The van der Waals surface area contributed by atoms with Crippen LogP contribution < -0.4 is 10.1 Å². The van der Waals surface area contributed by atoms with E-state index in [2.05, 4.69) is 11.9 Å². The fourth-order valence-electron chi connectivity index (χ4n) is 1.69. The van der Waals surface area contributed by atoms with Crippen LogP contribution in [-0.2, 0) is 0 Å². The second kappa shape index (κ2) is 5.92. The molecule has 0 bridgehead atoms. The Labute approximate surface area is 102 Å². The maximum Gasteiger partial charge on any atom is 0.125 e. The quantitative estimate of drug-likeness (QED) is 0.794. The Morgan fingerprint density at radius 3 is 2.75 bits per heavy atom. The Balaban J connectivity index is 3.03. The van der Waals surface area contributed by atoms with Crippen LogP contribution in [0.4, 0.5) is 0 Å². The number of methoxy groups -OCH3 is 1. The van der Waals surface area contributed by atoms with E-state index in [1.807, 2.05) is 32.2 Å². The average molecular weight is 240 g/mol. The predicted molar refractivity (Wildman–Crippen MR) is 69.2 cm³/mol. The van der Waals surface area contributed by atoms with Gasteiger partial charge in [0.25, 0.3) is 0 Å². The topological polar surface area (TPSA) is 21.3 Å². The lowest BCUT2D eigenvalue weighted by Gasteiger charge is -2.19. The number of ether oxygens (including phenoxy) is 1. The summed E-state index contributed by atoms with van der Waals surface area (Å²) in [7, 11) is 3.59. The van der Waals surface area contributed by atoms with E-state index in [-0.39, 0.29) is 6.04 Å². The summed E-state index contributed by atoms with van der Waals surface area (Å²) < 4.78 is 5.34. The van der Waals surface area contributed by atoms with Crippen LogP contribution in [0.25, 0.3) is 0 Å². The molecule has 0 aromatic heterocycles. The van der Waals surface area contributed by atoms with Crippen LogP contribution in [-0.4, -0.2) is 14.2 Å². The van der Waals surface area contributed by atoms with Gasteiger partial charge in [0.15, 0.2) is 0 Å². The zero-order chi connectivity index (χ0) is 12.1. The fraction of sp³-hybridized carbons (Fsp3) is 0.385. The molecule has 1 rings (SSSR count). The molecule has 16 heavy (non-hydrogen) atoms. The first-order valence-corrected chi connectivity index (χ1v) is 5.61. The lowest BCUT2D eigenvalue weighted by molar-refractivity contribution is 0.401. The highest BCUT2D eigenvalue weighted by Crippen LogP contribution is 2.31. The smallest absolute Gasteiger partial charge is 0.125 e. The molecular formula is C13H18ClNO. The molecule has 1 unspecified atom stereocenters. The third-order valence-corrected chi connectivity index (χ3v) is 2.71. The van der Waals surface area contributed by atoms with Gasteiger partial charge in [-0.05, 0) is 32.5 Å². The number of nitrogens with one attached hydrogen (secondary N) is 1. The van der Waals surface area contributed by atoms with Gasteiger partial charge in [-0.3, -0.25) is 0 Å². The molecule has 1 aromatic rings. The zero-order valence-electron chi connectivity index (χ0n) is 10.0. The van der Waals surface area contributed by atoms with Crippen molar-refractivity contribution in [2.45, 2.75) is 19.4 Å². The lowest BCUT2D eigenvalue weighted by Crippen LogP contribution is -2.17. The van der Waals surface area contributed by atoms with E-state index < -0.39 is 0 Å². The molecule has 3 heteroatoms. The van der Waals surface area contributed by atoms with Crippen LogP contribution in [0.5, 0.6) is 5.75 Å². The molecule has 0 saturated heterocycles. The van der Waals surface area contributed by atoms with Crippen LogP contribution in [0, 0.1) is 0 Å². The first-order valence-electron chi connectivity index (χ1n) is 5.23. The van der Waals surface area contributed by atoms with E-state index in [0.29, 0.717) is 5.02 Å². The van der Waals surface area contributed by atoms with Crippen LogP contribution in [0.1, 0.15) is 24.9 Å². The van der Waals surface area contributed by atoms with Crippen molar-refractivity contribution >= 4 is 11.6 Å². The predicted octanol–water partition coefficient (Wildman–Crippen LogP) is 3.58. The molecule has 0 spiro atoms. The van der Waals surface area contributed by atoms with Gasteiger partial charge in [0.1, 0.15) is 5.75 Å². The summed E-state index contributed by atoms with van der Waals surface area (Å²) in [4.78, 5) is 0. The monoisotopic (exact) mass is 239 g/mol. The third kappa shape index (κ3) is 3.26. The first kappa shape index (κ1) is 13.1. The van der Waals surface area contributed by atoms with Crippen molar-refractivity contribution in [2.24, 2.45) is 0 Å². The number of rotatable bonds is 5. The Hall–Kier alpha value is -0.990. The molecule has 2 nitrogen and oxygen atoms in total. The van der Waals surface area contributed by atoms with Gasteiger partial charge in [0, 0.05) is 16.6 Å². The van der Waals surface area contributed by atoms with Gasteiger partial charge in [-0.25, -0.2) is 0 Å². The summed E-state index contributed by atoms with van der Waals surface area (Å²) in [6.07, 6.45) is 0.883. The summed E-state index contributed by atoms with van der Waals surface area (Å²) in [5.41, 5.74) is 2.24. The minimum atomic E-state index is 0.213. The van der Waals surface area contributed by atoms with E-state index in [1.54, 1.807) is 7.11 Å². The van der Waals surface area contributed by atoms with E-state index in [0.717, 1.165) is 23.3 Å². The van der Waals surface area contributed by atoms with Crippen LogP contribution in [0.2, 0.25) is 5.02 Å². The molecule has 1 atom stereocenters. The average Bonchev–Trinajstić information content (AvgIpc) is 2.25. The minimum absolute atomic E-state index is 0.213. The van der Waals surface area contributed by atoms with Gasteiger partial charge in [-0.15, -0.1) is 6.58 Å². The third-order valence-electron chi connectivity index (χ3n) is 2.47.